The lowest BCUT2D eigenvalue weighted by atomic mass is 10.0. The summed E-state index contributed by atoms with van der Waals surface area (Å²) in [4.78, 5) is 14.2. The molecule has 0 unspecified atom stereocenters. The Morgan fingerprint density at radius 3 is 1.36 bits per heavy atom. The molecule has 2 aromatic heterocycles. The standard InChI is InChI=1S/C33H12F6N6/c34-28-8-17(7-27(44-28)33(37,38)39)15-1-3-19-21-11-26-22(12-25(21)31(42-13-40)23(19)5-15)20-4-2-16(6-24(20)32(26)43-14-41)18-9-29(35)45-30(36)10-18/h1-12H/b42-31+,43-32+. The fourth-order valence-electron chi connectivity index (χ4n) is 5.82. The van der Waals surface area contributed by atoms with Gasteiger partial charge in [-0.1, -0.05) is 24.3 Å². The predicted octanol–water partition coefficient (Wildman–Crippen LogP) is 7.50. The topological polar surface area (TPSA) is 98.1 Å². The third-order valence-corrected chi connectivity index (χ3v) is 7.64. The van der Waals surface area contributed by atoms with Crippen molar-refractivity contribution in [1.82, 2.24) is 9.97 Å². The maximum absolute atomic E-state index is 14.1. The van der Waals surface area contributed by atoms with Crippen molar-refractivity contribution in [2.24, 2.45) is 9.98 Å². The average molecular weight is 606 g/mol. The first-order valence-corrected chi connectivity index (χ1v) is 13.1. The van der Waals surface area contributed by atoms with Gasteiger partial charge in [0.05, 0.1) is 10.7 Å². The number of halogens is 6. The van der Waals surface area contributed by atoms with Gasteiger partial charge in [0.2, 0.25) is 30.2 Å². The van der Waals surface area contributed by atoms with E-state index in [-0.39, 0.29) is 22.0 Å². The number of alkyl halides is 3. The van der Waals surface area contributed by atoms with Gasteiger partial charge in [0.1, 0.15) is 5.69 Å². The molecule has 5 aromatic carbocycles. The van der Waals surface area contributed by atoms with Crippen molar-refractivity contribution >= 4 is 43.1 Å². The van der Waals surface area contributed by atoms with Crippen molar-refractivity contribution in [2.45, 2.75) is 6.18 Å². The summed E-state index contributed by atoms with van der Waals surface area (Å²) in [6.07, 6.45) is -1.28. The first-order valence-electron chi connectivity index (χ1n) is 13.1. The Morgan fingerprint density at radius 1 is 0.489 bits per heavy atom. The molecule has 0 bridgehead atoms. The molecule has 2 heterocycles. The Morgan fingerprint density at radius 2 is 0.911 bits per heavy atom. The van der Waals surface area contributed by atoms with Crippen LogP contribution in [0.1, 0.15) is 5.69 Å². The van der Waals surface area contributed by atoms with Crippen LogP contribution in [0.2, 0.25) is 0 Å². The van der Waals surface area contributed by atoms with E-state index in [1.54, 1.807) is 48.8 Å². The lowest BCUT2D eigenvalue weighted by molar-refractivity contribution is -0.141. The summed E-state index contributed by atoms with van der Waals surface area (Å²) in [5.41, 5.74) is -0.489. The van der Waals surface area contributed by atoms with E-state index in [0.29, 0.717) is 54.0 Å². The minimum atomic E-state index is -4.86. The highest BCUT2D eigenvalue weighted by atomic mass is 19.4. The number of rotatable bonds is 2. The van der Waals surface area contributed by atoms with E-state index in [0.717, 1.165) is 24.3 Å². The van der Waals surface area contributed by atoms with Crippen molar-refractivity contribution in [2.75, 3.05) is 0 Å². The third kappa shape index (κ3) is 4.51. The molecule has 12 heteroatoms. The molecule has 45 heavy (non-hydrogen) atoms. The van der Waals surface area contributed by atoms with E-state index in [2.05, 4.69) is 20.0 Å². The molecule has 0 aliphatic carbocycles. The van der Waals surface area contributed by atoms with Gasteiger partial charge < -0.3 is 0 Å². The molecular weight excluding hydrogens is 594 g/mol. The van der Waals surface area contributed by atoms with Crippen molar-refractivity contribution < 1.29 is 26.3 Å². The fraction of sp³-hybridized carbons (Fsp3) is 0.0303. The summed E-state index contributed by atoms with van der Waals surface area (Å²) in [6.45, 7) is 0. The van der Waals surface area contributed by atoms with Gasteiger partial charge in [-0.05, 0) is 74.1 Å². The minimum Gasteiger partial charge on any atom is -0.215 e. The Kier molecular flexibility index (Phi) is 6.13. The molecule has 0 saturated heterocycles. The molecule has 0 saturated carbocycles. The molecule has 216 valence electrons. The summed E-state index contributed by atoms with van der Waals surface area (Å²) in [5, 5.41) is 24.3. The number of benzene rings is 3. The highest BCUT2D eigenvalue weighted by Gasteiger charge is 2.33. The zero-order chi connectivity index (χ0) is 31.6. The van der Waals surface area contributed by atoms with Crippen molar-refractivity contribution in [3.05, 3.63) is 107 Å². The normalized spacial score (nSPS) is 12.9. The van der Waals surface area contributed by atoms with Gasteiger partial charge in [0.15, 0.2) is 0 Å². The number of fused-ring (bicyclic) bond motifs is 6. The monoisotopic (exact) mass is 606 g/mol. The number of pyridine rings is 2. The van der Waals surface area contributed by atoms with Crippen LogP contribution < -0.4 is 10.7 Å². The Balaban J connectivity index is 1.51. The van der Waals surface area contributed by atoms with Gasteiger partial charge in [-0.15, -0.1) is 0 Å². The molecule has 7 rings (SSSR count). The number of nitriles is 2. The van der Waals surface area contributed by atoms with E-state index in [4.69, 9.17) is 0 Å². The van der Waals surface area contributed by atoms with E-state index < -0.39 is 29.7 Å². The van der Waals surface area contributed by atoms with Crippen LogP contribution >= 0.6 is 0 Å². The first kappa shape index (κ1) is 27.7. The van der Waals surface area contributed by atoms with Crippen LogP contribution in [0.3, 0.4) is 0 Å². The van der Waals surface area contributed by atoms with Gasteiger partial charge in [0.25, 0.3) is 0 Å². The zero-order valence-corrected chi connectivity index (χ0v) is 22.4. The fourth-order valence-corrected chi connectivity index (χ4v) is 5.82. The van der Waals surface area contributed by atoms with Crippen LogP contribution in [-0.4, -0.2) is 9.97 Å². The van der Waals surface area contributed by atoms with Gasteiger partial charge in [-0.2, -0.15) is 51.8 Å². The van der Waals surface area contributed by atoms with Crippen LogP contribution in [0, 0.1) is 40.8 Å². The van der Waals surface area contributed by atoms with E-state index in [1.807, 2.05) is 0 Å². The third-order valence-electron chi connectivity index (χ3n) is 7.64. The second-order valence-corrected chi connectivity index (χ2v) is 10.1. The Bertz CT molecular complexity index is 2580. The van der Waals surface area contributed by atoms with Crippen molar-refractivity contribution in [1.29, 1.82) is 10.5 Å². The zero-order valence-electron chi connectivity index (χ0n) is 22.4. The lowest BCUT2D eigenvalue weighted by Crippen LogP contribution is -2.09. The van der Waals surface area contributed by atoms with Gasteiger partial charge in [0, 0.05) is 39.7 Å². The second kappa shape index (κ2) is 9.96. The van der Waals surface area contributed by atoms with Crippen molar-refractivity contribution in [3.63, 3.8) is 0 Å². The number of hydrogen-bond donors (Lipinski definition) is 0. The molecule has 0 radical (unpaired) electrons. The maximum atomic E-state index is 14.1. The molecule has 7 aromatic rings. The summed E-state index contributed by atoms with van der Waals surface area (Å²) in [5.74, 6) is -3.27. The quantitative estimate of drug-likeness (QED) is 0.116. The molecule has 0 aliphatic heterocycles. The first-order chi connectivity index (χ1) is 21.5. The number of hydrogen-bond acceptors (Lipinski definition) is 6. The van der Waals surface area contributed by atoms with Crippen LogP contribution in [0.5, 0.6) is 0 Å². The summed E-state index contributed by atoms with van der Waals surface area (Å²) in [6, 6.07) is 17.1. The van der Waals surface area contributed by atoms with Crippen LogP contribution in [0.25, 0.3) is 65.3 Å². The summed E-state index contributed by atoms with van der Waals surface area (Å²) in [7, 11) is 0. The van der Waals surface area contributed by atoms with E-state index in [1.165, 1.54) is 12.1 Å². The molecule has 0 fully saturated rings. The SMILES string of the molecule is N#C/N=c1\c2cc(-c3cc(F)nc(F)c3)ccc2c2cc3/c(=N/C#N)c4cc(-c5cc(F)nc(C(F)(F)F)c5)ccc4c3cc12. The molecule has 0 aliphatic rings. The molecule has 0 atom stereocenters. The summed E-state index contributed by atoms with van der Waals surface area (Å²) >= 11 is 0. The van der Waals surface area contributed by atoms with Crippen LogP contribution in [0.15, 0.2) is 82.8 Å². The second-order valence-electron chi connectivity index (χ2n) is 10.1. The Hall–Kier alpha value is -6.14. The highest BCUT2D eigenvalue weighted by molar-refractivity contribution is 6.21. The molecule has 0 amide bonds. The van der Waals surface area contributed by atoms with E-state index in [9.17, 15) is 36.9 Å². The van der Waals surface area contributed by atoms with Crippen molar-refractivity contribution in [3.8, 4) is 34.6 Å². The molecule has 0 N–H and O–H groups in total. The lowest BCUT2D eigenvalue weighted by Gasteiger charge is -2.09. The van der Waals surface area contributed by atoms with Gasteiger partial charge in [-0.25, -0.2) is 4.98 Å². The van der Waals surface area contributed by atoms with Gasteiger partial charge in [-0.3, -0.25) is 0 Å². The van der Waals surface area contributed by atoms with E-state index >= 15 is 0 Å². The van der Waals surface area contributed by atoms with Gasteiger partial charge >= 0.3 is 6.18 Å². The molecular formula is C33H12F6N6. The molecule has 6 nitrogen and oxygen atoms in total. The Labute approximate surface area is 247 Å². The summed E-state index contributed by atoms with van der Waals surface area (Å²) < 4.78 is 81.8. The molecule has 0 spiro atoms. The average Bonchev–Trinajstić information content (AvgIpc) is 3.46. The minimum absolute atomic E-state index is 0.0606. The number of nitrogens with zero attached hydrogens (tertiary/aromatic N) is 6. The van der Waals surface area contributed by atoms with Crippen LogP contribution in [-0.2, 0) is 6.18 Å². The van der Waals surface area contributed by atoms with Crippen LogP contribution in [0.4, 0.5) is 26.3 Å². The maximum Gasteiger partial charge on any atom is 0.433 e. The predicted molar refractivity (Wildman–Crippen MR) is 153 cm³/mol. The highest BCUT2D eigenvalue weighted by Crippen LogP contribution is 2.36. The smallest absolute Gasteiger partial charge is 0.215 e. The largest absolute Gasteiger partial charge is 0.433 e. The number of aromatic nitrogens is 2.